The molecule has 0 aromatic heterocycles. The molecule has 3 heterocycles. The molecule has 3 aliphatic rings. The maximum atomic E-state index is 14.9. The van der Waals surface area contributed by atoms with Crippen LogP contribution in [0.3, 0.4) is 0 Å². The largest absolute Gasteiger partial charge is 0.352 e. The van der Waals surface area contributed by atoms with Crippen molar-refractivity contribution >= 4 is 46.0 Å². The average molecular weight is 581 g/mol. The number of anilines is 2. The summed E-state index contributed by atoms with van der Waals surface area (Å²) in [6.45, 7) is 12.0. The van der Waals surface area contributed by atoms with Crippen molar-refractivity contribution in [1.29, 1.82) is 0 Å². The summed E-state index contributed by atoms with van der Waals surface area (Å²) < 4.78 is 0. The predicted molar refractivity (Wildman–Crippen MR) is 169 cm³/mol. The van der Waals surface area contributed by atoms with Gasteiger partial charge in [-0.15, -0.1) is 0 Å². The Morgan fingerprint density at radius 1 is 1.02 bits per heavy atom. The van der Waals surface area contributed by atoms with Crippen molar-refractivity contribution < 1.29 is 14.4 Å². The van der Waals surface area contributed by atoms with Crippen LogP contribution in [-0.2, 0) is 21.4 Å². The molecule has 3 aromatic carbocycles. The summed E-state index contributed by atoms with van der Waals surface area (Å²) in [6.07, 6.45) is 2.96. The Balaban J connectivity index is 1.64. The Labute approximate surface area is 253 Å². The van der Waals surface area contributed by atoms with Gasteiger partial charge in [-0.05, 0) is 60.2 Å². The van der Waals surface area contributed by atoms with Gasteiger partial charge in [-0.2, -0.15) is 0 Å². The zero-order valence-electron chi connectivity index (χ0n) is 25.0. The van der Waals surface area contributed by atoms with Gasteiger partial charge in [0.1, 0.15) is 11.5 Å². The molecule has 0 saturated carbocycles. The summed E-state index contributed by atoms with van der Waals surface area (Å²) in [5, 5.41) is 3.69. The lowest BCUT2D eigenvalue weighted by atomic mass is 9.63. The number of nitrogens with one attached hydrogen (secondary N) is 1. The fourth-order valence-corrected chi connectivity index (χ4v) is 7.48. The average Bonchev–Trinajstić information content (AvgIpc) is 3.40. The fraction of sp³-hybridized carbons (Fsp3) is 0.361. The van der Waals surface area contributed by atoms with Gasteiger partial charge in [0.2, 0.25) is 5.91 Å². The number of rotatable bonds is 5. The minimum absolute atomic E-state index is 0.0785. The maximum absolute atomic E-state index is 14.9. The summed E-state index contributed by atoms with van der Waals surface area (Å²) in [4.78, 5) is 46.0. The molecule has 216 valence electrons. The van der Waals surface area contributed by atoms with Gasteiger partial charge in [0.05, 0.1) is 12.0 Å². The van der Waals surface area contributed by atoms with Crippen LogP contribution in [0, 0.1) is 17.3 Å². The predicted octanol–water partition coefficient (Wildman–Crippen LogP) is 7.52. The van der Waals surface area contributed by atoms with Crippen LogP contribution in [0.2, 0.25) is 5.02 Å². The Morgan fingerprint density at radius 2 is 1.71 bits per heavy atom. The van der Waals surface area contributed by atoms with Crippen LogP contribution >= 0.6 is 11.6 Å². The smallest absolute Gasteiger partial charge is 0.238 e. The first-order chi connectivity index (χ1) is 19.9. The number of fused-ring (bicyclic) bond motifs is 6. The highest BCUT2D eigenvalue weighted by Gasteiger charge is 2.71. The van der Waals surface area contributed by atoms with Crippen LogP contribution in [0.25, 0.3) is 5.57 Å². The monoisotopic (exact) mass is 580 g/mol. The molecular formula is C36H37ClN2O3. The molecule has 6 rings (SSSR count). The SMILES string of the molecule is CC1=C[C@H]2N(c3ccc(Cl)cc31)[C@@H](C(=O)C(C)(C)C)[C@@H](C(=O)c1ccc(CC(C)C)cc1)[C@@]21C(=O)Nc2ccccc21. The molecule has 1 fully saturated rings. The molecule has 5 nitrogen and oxygen atoms in total. The number of para-hydroxylation sites is 1. The van der Waals surface area contributed by atoms with E-state index in [0.29, 0.717) is 22.2 Å². The Hall–Kier alpha value is -3.70. The number of carbonyl (C=O) groups is 3. The van der Waals surface area contributed by atoms with Gasteiger partial charge in [-0.3, -0.25) is 14.4 Å². The molecule has 1 spiro atoms. The number of amides is 1. The van der Waals surface area contributed by atoms with Crippen LogP contribution in [0.15, 0.2) is 72.8 Å². The maximum Gasteiger partial charge on any atom is 0.238 e. The van der Waals surface area contributed by atoms with E-state index in [2.05, 4.69) is 25.2 Å². The first-order valence-corrected chi connectivity index (χ1v) is 15.1. The molecule has 0 unspecified atom stereocenters. The van der Waals surface area contributed by atoms with E-state index in [4.69, 9.17) is 11.6 Å². The minimum Gasteiger partial charge on any atom is -0.352 e. The molecule has 1 amide bonds. The molecule has 1 saturated heterocycles. The lowest BCUT2D eigenvalue weighted by Gasteiger charge is -2.40. The topological polar surface area (TPSA) is 66.5 Å². The summed E-state index contributed by atoms with van der Waals surface area (Å²) in [5.74, 6) is -1.00. The van der Waals surface area contributed by atoms with Crippen molar-refractivity contribution in [3.63, 3.8) is 0 Å². The van der Waals surface area contributed by atoms with Crippen LogP contribution in [0.5, 0.6) is 0 Å². The number of nitrogens with zero attached hydrogens (tertiary/aromatic N) is 1. The van der Waals surface area contributed by atoms with E-state index in [1.807, 2.05) is 99.3 Å². The summed E-state index contributed by atoms with van der Waals surface area (Å²) in [7, 11) is 0. The number of hydrogen-bond acceptors (Lipinski definition) is 4. The highest BCUT2D eigenvalue weighted by Crippen LogP contribution is 2.59. The van der Waals surface area contributed by atoms with E-state index < -0.39 is 28.8 Å². The molecule has 0 radical (unpaired) electrons. The number of carbonyl (C=O) groups excluding carboxylic acids is 3. The van der Waals surface area contributed by atoms with Gasteiger partial charge in [0.25, 0.3) is 0 Å². The molecule has 0 aliphatic carbocycles. The van der Waals surface area contributed by atoms with E-state index in [0.717, 1.165) is 34.4 Å². The highest BCUT2D eigenvalue weighted by molar-refractivity contribution is 6.31. The van der Waals surface area contributed by atoms with E-state index in [-0.39, 0.29) is 17.5 Å². The lowest BCUT2D eigenvalue weighted by molar-refractivity contribution is -0.128. The molecule has 3 aliphatic heterocycles. The van der Waals surface area contributed by atoms with Crippen LogP contribution in [-0.4, -0.2) is 29.6 Å². The number of hydrogen-bond donors (Lipinski definition) is 1. The van der Waals surface area contributed by atoms with Gasteiger partial charge in [-0.1, -0.05) is 94.8 Å². The number of ketones is 2. The van der Waals surface area contributed by atoms with Gasteiger partial charge >= 0.3 is 0 Å². The minimum atomic E-state index is -1.31. The quantitative estimate of drug-likeness (QED) is 0.317. The van der Waals surface area contributed by atoms with Gasteiger partial charge in [0, 0.05) is 32.9 Å². The first-order valence-electron chi connectivity index (χ1n) is 14.7. The van der Waals surface area contributed by atoms with E-state index in [1.54, 1.807) is 0 Å². The number of Topliss-reactive ketones (excluding diaryl/α,β-unsaturated/α-hetero) is 2. The van der Waals surface area contributed by atoms with Crippen molar-refractivity contribution in [2.45, 2.75) is 65.5 Å². The zero-order valence-corrected chi connectivity index (χ0v) is 25.8. The Bertz CT molecular complexity index is 1650. The van der Waals surface area contributed by atoms with Crippen LogP contribution in [0.1, 0.15) is 68.6 Å². The van der Waals surface area contributed by atoms with Gasteiger partial charge in [-0.25, -0.2) is 0 Å². The summed E-state index contributed by atoms with van der Waals surface area (Å²) >= 11 is 6.44. The second-order valence-corrected chi connectivity index (χ2v) is 13.9. The van der Waals surface area contributed by atoms with Crippen molar-refractivity contribution in [2.24, 2.45) is 17.3 Å². The molecule has 4 atom stereocenters. The van der Waals surface area contributed by atoms with Crippen LogP contribution < -0.4 is 10.2 Å². The third kappa shape index (κ3) is 4.16. The van der Waals surface area contributed by atoms with Crippen molar-refractivity contribution in [3.8, 4) is 0 Å². The zero-order chi connectivity index (χ0) is 30.1. The fourth-order valence-electron chi connectivity index (χ4n) is 7.30. The first kappa shape index (κ1) is 28.4. The van der Waals surface area contributed by atoms with E-state index in [9.17, 15) is 14.4 Å². The number of benzene rings is 3. The lowest BCUT2D eigenvalue weighted by Crippen LogP contribution is -2.51. The van der Waals surface area contributed by atoms with Crippen LogP contribution in [0.4, 0.5) is 11.4 Å². The van der Waals surface area contributed by atoms with E-state index >= 15 is 0 Å². The Morgan fingerprint density at radius 3 is 2.38 bits per heavy atom. The molecule has 3 aromatic rings. The molecule has 6 heteroatoms. The van der Waals surface area contributed by atoms with E-state index in [1.165, 1.54) is 0 Å². The Kier molecular flexibility index (Phi) is 6.73. The molecule has 1 N–H and O–H groups in total. The number of halogens is 1. The normalized spacial score (nSPS) is 24.3. The summed E-state index contributed by atoms with van der Waals surface area (Å²) in [6, 6.07) is 19.5. The second kappa shape index (κ2) is 9.95. The third-order valence-electron chi connectivity index (χ3n) is 9.11. The molecule has 42 heavy (non-hydrogen) atoms. The molecule has 0 bridgehead atoms. The summed E-state index contributed by atoms with van der Waals surface area (Å²) in [5.41, 5.74) is 3.69. The standard InChI is InChI=1S/C36H37ClN2O3/c1-20(2)17-22-11-13-23(14-12-22)32(40)30-31(33(41)35(4,5)6)39-28-16-15-24(37)19-25(28)21(3)18-29(39)36(30)26-9-7-8-10-27(26)38-34(36)42/h7-16,18-20,29-31H,17H2,1-6H3,(H,38,42)/t29-,30+,31-,36+/m1/s1. The van der Waals surface area contributed by atoms with Crippen molar-refractivity contribution in [3.05, 3.63) is 100 Å². The van der Waals surface area contributed by atoms with Gasteiger partial charge < -0.3 is 10.2 Å². The third-order valence-corrected chi connectivity index (χ3v) is 9.35. The molecular weight excluding hydrogens is 544 g/mol. The van der Waals surface area contributed by atoms with Crippen molar-refractivity contribution in [1.82, 2.24) is 0 Å². The number of allylic oxidation sites excluding steroid dienone is 1. The van der Waals surface area contributed by atoms with Gasteiger partial charge in [0.15, 0.2) is 11.6 Å². The second-order valence-electron chi connectivity index (χ2n) is 13.4. The highest BCUT2D eigenvalue weighted by atomic mass is 35.5. The van der Waals surface area contributed by atoms with Crippen molar-refractivity contribution in [2.75, 3.05) is 10.2 Å².